The van der Waals surface area contributed by atoms with E-state index >= 15 is 0 Å². The van der Waals surface area contributed by atoms with Crippen LogP contribution in [-0.4, -0.2) is 23.0 Å². The summed E-state index contributed by atoms with van der Waals surface area (Å²) < 4.78 is 4.92. The number of carbonyl (C=O) groups excluding carboxylic acids is 1. The maximum absolute atomic E-state index is 11.6. The van der Waals surface area contributed by atoms with Crippen LogP contribution in [0.1, 0.15) is 36.7 Å². The summed E-state index contributed by atoms with van der Waals surface area (Å²) in [5, 5.41) is 11.3. The van der Waals surface area contributed by atoms with Crippen LogP contribution < -0.4 is 5.32 Å². The Morgan fingerprint density at radius 2 is 2.31 bits per heavy atom. The Balaban J connectivity index is 2.54. The molecule has 88 valence electrons. The zero-order valence-electron chi connectivity index (χ0n) is 9.10. The average Bonchev–Trinajstić information content (AvgIpc) is 2.69. The number of furan rings is 1. The molecule has 0 saturated heterocycles. The zero-order chi connectivity index (χ0) is 12.0. The van der Waals surface area contributed by atoms with Crippen molar-refractivity contribution in [1.82, 2.24) is 5.32 Å². The number of aliphatic carboxylic acids is 1. The number of carbonyl (C=O) groups is 2. The van der Waals surface area contributed by atoms with Crippen molar-refractivity contribution < 1.29 is 19.1 Å². The Kier molecular flexibility index (Phi) is 4.57. The van der Waals surface area contributed by atoms with Crippen molar-refractivity contribution in [2.45, 2.75) is 32.2 Å². The number of nitrogens with one attached hydrogen (secondary N) is 1. The quantitative estimate of drug-likeness (QED) is 0.771. The van der Waals surface area contributed by atoms with Crippen molar-refractivity contribution in [1.29, 1.82) is 0 Å². The van der Waals surface area contributed by atoms with Gasteiger partial charge in [0, 0.05) is 6.04 Å². The lowest BCUT2D eigenvalue weighted by molar-refractivity contribution is -0.137. The van der Waals surface area contributed by atoms with Gasteiger partial charge in [0.25, 0.3) is 5.91 Å². The molecular weight excluding hydrogens is 210 g/mol. The van der Waals surface area contributed by atoms with Crippen LogP contribution in [0.5, 0.6) is 0 Å². The molecule has 5 heteroatoms. The van der Waals surface area contributed by atoms with Crippen molar-refractivity contribution in [2.75, 3.05) is 0 Å². The molecule has 1 aromatic heterocycles. The summed E-state index contributed by atoms with van der Waals surface area (Å²) in [5.74, 6) is -1.09. The van der Waals surface area contributed by atoms with E-state index in [4.69, 9.17) is 9.52 Å². The van der Waals surface area contributed by atoms with Gasteiger partial charge in [0.05, 0.1) is 12.7 Å². The molecule has 2 N–H and O–H groups in total. The van der Waals surface area contributed by atoms with Crippen molar-refractivity contribution >= 4 is 11.9 Å². The Labute approximate surface area is 93.4 Å². The molecule has 1 amide bonds. The normalized spacial score (nSPS) is 12.1. The molecule has 0 aliphatic heterocycles. The highest BCUT2D eigenvalue weighted by molar-refractivity contribution is 5.91. The first-order valence-electron chi connectivity index (χ1n) is 5.19. The largest absolute Gasteiger partial charge is 0.481 e. The van der Waals surface area contributed by atoms with Gasteiger partial charge >= 0.3 is 5.97 Å². The van der Waals surface area contributed by atoms with Gasteiger partial charge in [-0.15, -0.1) is 0 Å². The Bertz CT molecular complexity index is 345. The molecule has 0 bridgehead atoms. The summed E-state index contributed by atoms with van der Waals surface area (Å²) >= 11 is 0. The summed E-state index contributed by atoms with van der Waals surface area (Å²) in [6, 6.07) is 2.81. The van der Waals surface area contributed by atoms with Crippen LogP contribution in [0.4, 0.5) is 0 Å². The number of hydrogen-bond acceptors (Lipinski definition) is 3. The lowest BCUT2D eigenvalue weighted by Crippen LogP contribution is -2.36. The molecule has 0 saturated carbocycles. The first kappa shape index (κ1) is 12.3. The van der Waals surface area contributed by atoms with Crippen LogP contribution in [-0.2, 0) is 4.79 Å². The van der Waals surface area contributed by atoms with Gasteiger partial charge in [0.1, 0.15) is 0 Å². The summed E-state index contributed by atoms with van der Waals surface area (Å²) in [5.41, 5.74) is 0. The van der Waals surface area contributed by atoms with E-state index in [2.05, 4.69) is 5.32 Å². The van der Waals surface area contributed by atoms with Crippen LogP contribution in [0.25, 0.3) is 0 Å². The minimum Gasteiger partial charge on any atom is -0.481 e. The summed E-state index contributed by atoms with van der Waals surface area (Å²) in [7, 11) is 0. The standard InChI is InChI=1S/C11H15NO4/c1-2-4-8(7-10(13)14)12-11(15)9-5-3-6-16-9/h3,5-6,8H,2,4,7H2,1H3,(H,12,15)(H,13,14). The minimum absolute atomic E-state index is 0.0692. The van der Waals surface area contributed by atoms with E-state index in [-0.39, 0.29) is 24.1 Å². The third kappa shape index (κ3) is 3.76. The van der Waals surface area contributed by atoms with Crippen LogP contribution in [0, 0.1) is 0 Å². The van der Waals surface area contributed by atoms with Crippen molar-refractivity contribution in [3.05, 3.63) is 24.2 Å². The monoisotopic (exact) mass is 225 g/mol. The number of carboxylic acids is 1. The number of hydrogen-bond donors (Lipinski definition) is 2. The van der Waals surface area contributed by atoms with E-state index in [1.54, 1.807) is 12.1 Å². The second kappa shape index (κ2) is 5.95. The van der Waals surface area contributed by atoms with E-state index in [0.717, 1.165) is 6.42 Å². The van der Waals surface area contributed by atoms with Gasteiger partial charge in [-0.3, -0.25) is 9.59 Å². The number of amides is 1. The zero-order valence-corrected chi connectivity index (χ0v) is 9.10. The second-order valence-electron chi connectivity index (χ2n) is 3.53. The van der Waals surface area contributed by atoms with Crippen molar-refractivity contribution in [2.24, 2.45) is 0 Å². The highest BCUT2D eigenvalue weighted by Crippen LogP contribution is 2.05. The average molecular weight is 225 g/mol. The summed E-state index contributed by atoms with van der Waals surface area (Å²) in [6.45, 7) is 1.94. The van der Waals surface area contributed by atoms with Crippen LogP contribution >= 0.6 is 0 Å². The molecule has 0 radical (unpaired) electrons. The molecular formula is C11H15NO4. The van der Waals surface area contributed by atoms with E-state index in [9.17, 15) is 9.59 Å². The molecule has 1 atom stereocenters. The van der Waals surface area contributed by atoms with Crippen molar-refractivity contribution in [3.8, 4) is 0 Å². The number of carboxylic acid groups (broad SMARTS) is 1. The molecule has 1 rings (SSSR count). The molecule has 1 heterocycles. The van der Waals surface area contributed by atoms with Gasteiger partial charge in [0.2, 0.25) is 0 Å². The van der Waals surface area contributed by atoms with Gasteiger partial charge in [0.15, 0.2) is 5.76 Å². The third-order valence-electron chi connectivity index (χ3n) is 2.14. The fourth-order valence-electron chi connectivity index (χ4n) is 1.45. The second-order valence-corrected chi connectivity index (χ2v) is 3.53. The lowest BCUT2D eigenvalue weighted by atomic mass is 10.1. The number of rotatable bonds is 6. The summed E-state index contributed by atoms with van der Waals surface area (Å²) in [6.07, 6.45) is 2.79. The smallest absolute Gasteiger partial charge is 0.305 e. The third-order valence-corrected chi connectivity index (χ3v) is 2.14. The molecule has 5 nitrogen and oxygen atoms in total. The maximum Gasteiger partial charge on any atom is 0.305 e. The minimum atomic E-state index is -0.918. The van der Waals surface area contributed by atoms with Gasteiger partial charge in [-0.1, -0.05) is 13.3 Å². The molecule has 0 aromatic carbocycles. The molecule has 16 heavy (non-hydrogen) atoms. The fraction of sp³-hybridized carbons (Fsp3) is 0.455. The van der Waals surface area contributed by atoms with Crippen LogP contribution in [0.3, 0.4) is 0 Å². The molecule has 0 spiro atoms. The molecule has 0 aliphatic rings. The van der Waals surface area contributed by atoms with Crippen LogP contribution in [0.2, 0.25) is 0 Å². The fourth-order valence-corrected chi connectivity index (χ4v) is 1.45. The van der Waals surface area contributed by atoms with Crippen molar-refractivity contribution in [3.63, 3.8) is 0 Å². The predicted molar refractivity (Wildman–Crippen MR) is 57.1 cm³/mol. The first-order valence-corrected chi connectivity index (χ1v) is 5.19. The highest BCUT2D eigenvalue weighted by atomic mass is 16.4. The Morgan fingerprint density at radius 3 is 2.81 bits per heavy atom. The molecule has 1 unspecified atom stereocenters. The van der Waals surface area contributed by atoms with Gasteiger partial charge < -0.3 is 14.8 Å². The molecule has 0 aliphatic carbocycles. The predicted octanol–water partition coefficient (Wildman–Crippen LogP) is 1.65. The summed E-state index contributed by atoms with van der Waals surface area (Å²) in [4.78, 5) is 22.2. The highest BCUT2D eigenvalue weighted by Gasteiger charge is 2.17. The molecule has 0 fully saturated rings. The van der Waals surface area contributed by atoms with Gasteiger partial charge in [-0.2, -0.15) is 0 Å². The first-order chi connectivity index (χ1) is 7.63. The van der Waals surface area contributed by atoms with Gasteiger partial charge in [-0.05, 0) is 18.6 Å². The van der Waals surface area contributed by atoms with E-state index in [1.165, 1.54) is 6.26 Å². The SMILES string of the molecule is CCCC(CC(=O)O)NC(=O)c1ccco1. The van der Waals surface area contributed by atoms with E-state index < -0.39 is 5.97 Å². The maximum atomic E-state index is 11.6. The topological polar surface area (TPSA) is 79.5 Å². The van der Waals surface area contributed by atoms with Crippen LogP contribution in [0.15, 0.2) is 22.8 Å². The molecule has 1 aromatic rings. The lowest BCUT2D eigenvalue weighted by Gasteiger charge is -2.14. The van der Waals surface area contributed by atoms with Gasteiger partial charge in [-0.25, -0.2) is 0 Å². The Hall–Kier alpha value is -1.78. The Morgan fingerprint density at radius 1 is 1.56 bits per heavy atom. The van der Waals surface area contributed by atoms with E-state index in [1.807, 2.05) is 6.92 Å². The van der Waals surface area contributed by atoms with E-state index in [0.29, 0.717) is 6.42 Å².